The monoisotopic (exact) mass is 553 g/mol. The standard InChI is InChI=1S/C27H31N5O6S/c1-3-37-18-11-9-16(10-12-18)23(26(34)30-15-20-8-5-13-38-20)32(17-6-4-7-19(14-17)36-2)27(35)24-21(28)22(25(29)33)31-39-24/h4,6-7,9-12,14,20,23H,3,5,8,13,15,28H2,1-2H3,(H2,29,33)(H,30,34)/t20-,23+/m1/s1. The Balaban J connectivity index is 1.82. The van der Waals surface area contributed by atoms with Gasteiger partial charge in [-0.15, -0.1) is 0 Å². The van der Waals surface area contributed by atoms with Crippen LogP contribution < -0.4 is 31.2 Å². The van der Waals surface area contributed by atoms with Crippen LogP contribution in [0, 0.1) is 0 Å². The minimum Gasteiger partial charge on any atom is -0.497 e. The summed E-state index contributed by atoms with van der Waals surface area (Å²) >= 11 is 0.743. The molecule has 1 saturated heterocycles. The van der Waals surface area contributed by atoms with Gasteiger partial charge in [-0.3, -0.25) is 19.3 Å². The molecular formula is C27H31N5O6S. The van der Waals surface area contributed by atoms with E-state index in [4.69, 9.17) is 25.7 Å². The number of nitrogens with two attached hydrogens (primary N) is 2. The Morgan fingerprint density at radius 3 is 2.59 bits per heavy atom. The molecule has 0 spiro atoms. The molecule has 39 heavy (non-hydrogen) atoms. The van der Waals surface area contributed by atoms with Crippen LogP contribution in [0.1, 0.15) is 51.5 Å². The van der Waals surface area contributed by atoms with Gasteiger partial charge < -0.3 is 31.0 Å². The number of carbonyl (C=O) groups excluding carboxylic acids is 3. The van der Waals surface area contributed by atoms with Gasteiger partial charge in [0, 0.05) is 24.9 Å². The van der Waals surface area contributed by atoms with Gasteiger partial charge in [-0.1, -0.05) is 18.2 Å². The van der Waals surface area contributed by atoms with E-state index in [-0.39, 0.29) is 22.4 Å². The Bertz CT molecular complexity index is 1320. The zero-order valence-corrected chi connectivity index (χ0v) is 22.5. The van der Waals surface area contributed by atoms with E-state index < -0.39 is 23.8 Å². The summed E-state index contributed by atoms with van der Waals surface area (Å²) in [4.78, 5) is 41.1. The lowest BCUT2D eigenvalue weighted by Crippen LogP contribution is -2.45. The number of hydrogen-bond donors (Lipinski definition) is 3. The molecule has 5 N–H and O–H groups in total. The predicted molar refractivity (Wildman–Crippen MR) is 147 cm³/mol. The Labute approximate surface area is 230 Å². The molecule has 12 heteroatoms. The minimum absolute atomic E-state index is 0.0190. The van der Waals surface area contributed by atoms with Crippen molar-refractivity contribution >= 4 is 40.6 Å². The summed E-state index contributed by atoms with van der Waals surface area (Å²) in [5, 5.41) is 2.95. The predicted octanol–water partition coefficient (Wildman–Crippen LogP) is 2.91. The summed E-state index contributed by atoms with van der Waals surface area (Å²) in [6.07, 6.45) is 1.65. The van der Waals surface area contributed by atoms with Crippen LogP contribution in [0.15, 0.2) is 48.5 Å². The highest BCUT2D eigenvalue weighted by atomic mass is 32.1. The summed E-state index contributed by atoms with van der Waals surface area (Å²) in [7, 11) is 1.50. The molecular weight excluding hydrogens is 522 g/mol. The quantitative estimate of drug-likeness (QED) is 0.327. The molecule has 206 valence electrons. The van der Waals surface area contributed by atoms with Gasteiger partial charge in [0.2, 0.25) is 5.91 Å². The molecule has 3 amide bonds. The first-order chi connectivity index (χ1) is 18.8. The summed E-state index contributed by atoms with van der Waals surface area (Å²) in [6, 6.07) is 12.6. The molecule has 0 saturated carbocycles. The van der Waals surface area contributed by atoms with Crippen molar-refractivity contribution in [1.82, 2.24) is 9.69 Å². The number of primary amides is 1. The molecule has 4 rings (SSSR count). The molecule has 3 aromatic rings. The van der Waals surface area contributed by atoms with E-state index in [1.165, 1.54) is 12.0 Å². The second-order valence-corrected chi connectivity index (χ2v) is 9.57. The minimum atomic E-state index is -1.12. The normalized spacial score (nSPS) is 15.4. The molecule has 0 aliphatic carbocycles. The number of nitrogens with one attached hydrogen (secondary N) is 1. The highest BCUT2D eigenvalue weighted by Gasteiger charge is 2.36. The second kappa shape index (κ2) is 12.6. The summed E-state index contributed by atoms with van der Waals surface area (Å²) in [5.74, 6) is -0.809. The Morgan fingerprint density at radius 2 is 1.97 bits per heavy atom. The third-order valence-corrected chi connectivity index (χ3v) is 7.10. The van der Waals surface area contributed by atoms with Gasteiger partial charge in [0.1, 0.15) is 22.4 Å². The molecule has 0 bridgehead atoms. The number of methoxy groups -OCH3 is 1. The Hall–Kier alpha value is -4.16. The van der Waals surface area contributed by atoms with Crippen LogP contribution in [0.3, 0.4) is 0 Å². The largest absolute Gasteiger partial charge is 0.497 e. The van der Waals surface area contributed by atoms with Crippen molar-refractivity contribution in [3.05, 3.63) is 64.7 Å². The smallest absolute Gasteiger partial charge is 0.273 e. The summed E-state index contributed by atoms with van der Waals surface area (Å²) < 4.78 is 20.6. The average Bonchev–Trinajstić information content (AvgIpc) is 3.60. The Kier molecular flexibility index (Phi) is 8.99. The van der Waals surface area contributed by atoms with Gasteiger partial charge in [0.25, 0.3) is 11.8 Å². The fourth-order valence-electron chi connectivity index (χ4n) is 4.33. The molecule has 1 aliphatic rings. The van der Waals surface area contributed by atoms with Crippen molar-refractivity contribution in [1.29, 1.82) is 0 Å². The van der Waals surface area contributed by atoms with Gasteiger partial charge in [-0.05, 0) is 61.1 Å². The van der Waals surface area contributed by atoms with Crippen LogP contribution in [0.5, 0.6) is 11.5 Å². The third kappa shape index (κ3) is 6.29. The van der Waals surface area contributed by atoms with E-state index in [9.17, 15) is 14.4 Å². The van der Waals surface area contributed by atoms with Gasteiger partial charge in [-0.2, -0.15) is 4.37 Å². The highest BCUT2D eigenvalue weighted by Crippen LogP contribution is 2.35. The van der Waals surface area contributed by atoms with Crippen molar-refractivity contribution in [3.8, 4) is 11.5 Å². The van der Waals surface area contributed by atoms with E-state index in [0.717, 1.165) is 24.4 Å². The number of hydrogen-bond acceptors (Lipinski definition) is 9. The zero-order valence-electron chi connectivity index (χ0n) is 21.7. The lowest BCUT2D eigenvalue weighted by molar-refractivity contribution is -0.123. The highest BCUT2D eigenvalue weighted by molar-refractivity contribution is 7.09. The lowest BCUT2D eigenvalue weighted by atomic mass is 10.0. The number of ether oxygens (including phenoxy) is 3. The van der Waals surface area contributed by atoms with Crippen molar-refractivity contribution in [2.75, 3.05) is 37.5 Å². The molecule has 1 fully saturated rings. The topological polar surface area (TPSA) is 159 Å². The van der Waals surface area contributed by atoms with Crippen LogP contribution in [-0.4, -0.2) is 55.1 Å². The van der Waals surface area contributed by atoms with Gasteiger partial charge >= 0.3 is 0 Å². The zero-order chi connectivity index (χ0) is 27.9. The number of rotatable bonds is 11. The number of amides is 3. The third-order valence-electron chi connectivity index (χ3n) is 6.25. The van der Waals surface area contributed by atoms with Crippen molar-refractivity contribution in [3.63, 3.8) is 0 Å². The van der Waals surface area contributed by atoms with Gasteiger partial charge in [0.15, 0.2) is 5.69 Å². The van der Waals surface area contributed by atoms with E-state index in [0.29, 0.717) is 42.5 Å². The van der Waals surface area contributed by atoms with Gasteiger partial charge in [0.05, 0.1) is 25.5 Å². The van der Waals surface area contributed by atoms with Crippen LogP contribution in [0.2, 0.25) is 0 Å². The maximum absolute atomic E-state index is 14.1. The molecule has 1 aromatic heterocycles. The van der Waals surface area contributed by atoms with Crippen molar-refractivity contribution in [2.24, 2.45) is 5.73 Å². The van der Waals surface area contributed by atoms with Crippen molar-refractivity contribution < 1.29 is 28.6 Å². The molecule has 0 radical (unpaired) electrons. The van der Waals surface area contributed by atoms with Crippen LogP contribution >= 0.6 is 11.5 Å². The number of benzene rings is 2. The maximum Gasteiger partial charge on any atom is 0.273 e. The lowest BCUT2D eigenvalue weighted by Gasteiger charge is -2.32. The first-order valence-electron chi connectivity index (χ1n) is 12.5. The van der Waals surface area contributed by atoms with Crippen LogP contribution in [0.4, 0.5) is 11.4 Å². The SMILES string of the molecule is CCOc1ccc([C@@H](C(=O)NC[C@H]2CCCO2)N(C(=O)c2snc(C(N)=O)c2N)c2cccc(OC)c2)cc1. The first kappa shape index (κ1) is 27.9. The molecule has 2 atom stereocenters. The van der Waals surface area contributed by atoms with Crippen LogP contribution in [-0.2, 0) is 9.53 Å². The van der Waals surface area contributed by atoms with E-state index in [1.807, 2.05) is 6.92 Å². The molecule has 2 heterocycles. The van der Waals surface area contributed by atoms with E-state index in [2.05, 4.69) is 9.69 Å². The van der Waals surface area contributed by atoms with Crippen LogP contribution in [0.25, 0.3) is 0 Å². The average molecular weight is 554 g/mol. The molecule has 0 unspecified atom stereocenters. The van der Waals surface area contributed by atoms with E-state index in [1.54, 1.807) is 48.5 Å². The van der Waals surface area contributed by atoms with Crippen molar-refractivity contribution in [2.45, 2.75) is 31.9 Å². The molecule has 2 aromatic carbocycles. The second-order valence-electron chi connectivity index (χ2n) is 8.80. The number of aromatic nitrogens is 1. The Morgan fingerprint density at radius 1 is 1.21 bits per heavy atom. The number of nitrogen functional groups attached to an aromatic ring is 1. The molecule has 11 nitrogen and oxygen atoms in total. The fourth-order valence-corrected chi connectivity index (χ4v) is 5.07. The fraction of sp³-hybridized carbons (Fsp3) is 0.333. The van der Waals surface area contributed by atoms with E-state index >= 15 is 0 Å². The maximum atomic E-state index is 14.1. The molecule has 1 aliphatic heterocycles. The number of anilines is 2. The van der Waals surface area contributed by atoms with Gasteiger partial charge in [-0.25, -0.2) is 0 Å². The first-order valence-corrected chi connectivity index (χ1v) is 13.3. The number of nitrogens with zero attached hydrogens (tertiary/aromatic N) is 2. The number of carbonyl (C=O) groups is 3. The summed E-state index contributed by atoms with van der Waals surface area (Å²) in [5.41, 5.74) is 12.1. The summed E-state index contributed by atoms with van der Waals surface area (Å²) in [6.45, 7) is 3.29.